The minimum atomic E-state index is -4.78. The van der Waals surface area contributed by atoms with Gasteiger partial charge in [0.2, 0.25) is 0 Å². The lowest BCUT2D eigenvalue weighted by atomic mass is 10.2. The smallest absolute Gasteiger partial charge is 0.391 e. The molecule has 0 aliphatic heterocycles. The molecule has 0 bridgehead atoms. The van der Waals surface area contributed by atoms with Crippen molar-refractivity contribution >= 4 is 27.3 Å². The average molecular weight is 343 g/mol. The van der Waals surface area contributed by atoms with Crippen LogP contribution in [-0.2, 0) is 14.8 Å². The highest BCUT2D eigenvalue weighted by Crippen LogP contribution is 2.43. The summed E-state index contributed by atoms with van der Waals surface area (Å²) in [7, 11) is -4.27. The number of thiophene rings is 1. The van der Waals surface area contributed by atoms with Gasteiger partial charge in [-0.05, 0) is 30.9 Å². The molecule has 1 aromatic rings. The summed E-state index contributed by atoms with van der Waals surface area (Å²) >= 11 is 0.957. The number of hydrogen-bond donors (Lipinski definition) is 2. The van der Waals surface area contributed by atoms with Crippen molar-refractivity contribution in [2.75, 3.05) is 0 Å². The lowest BCUT2D eigenvalue weighted by Crippen LogP contribution is -2.43. The number of rotatable bonds is 6. The Balaban J connectivity index is 2.15. The molecular formula is C11H12F3NO4S2. The number of carbonyl (C=O) groups is 1. The van der Waals surface area contributed by atoms with Gasteiger partial charge in [-0.2, -0.15) is 17.9 Å². The lowest BCUT2D eigenvalue weighted by molar-refractivity contribution is -0.157. The fraction of sp³-hybridized carbons (Fsp3) is 0.545. The van der Waals surface area contributed by atoms with Gasteiger partial charge in [-0.25, -0.2) is 8.42 Å². The van der Waals surface area contributed by atoms with Crippen molar-refractivity contribution in [3.05, 3.63) is 17.0 Å². The number of carboxylic acid groups (broad SMARTS) is 1. The standard InChI is InChI=1S/C11H12F3NO4S2/c12-11(13,14)5-7(10(16)17)15-21(18,19)9-4-3-8(20-9)6-1-2-6/h3-4,6-7,15H,1-2,5H2,(H,16,17). The predicted octanol–water partition coefficient (Wildman–Crippen LogP) is 2.31. The zero-order valence-corrected chi connectivity index (χ0v) is 12.2. The van der Waals surface area contributed by atoms with Crippen LogP contribution in [0.25, 0.3) is 0 Å². The monoisotopic (exact) mass is 343 g/mol. The van der Waals surface area contributed by atoms with E-state index in [4.69, 9.17) is 5.11 Å². The summed E-state index contributed by atoms with van der Waals surface area (Å²) in [6.45, 7) is 0. The fourth-order valence-corrected chi connectivity index (χ4v) is 4.42. The molecule has 1 fully saturated rings. The summed E-state index contributed by atoms with van der Waals surface area (Å²) in [6, 6.07) is 0.658. The van der Waals surface area contributed by atoms with Crippen LogP contribution >= 0.6 is 11.3 Å². The van der Waals surface area contributed by atoms with Crippen molar-refractivity contribution < 1.29 is 31.5 Å². The molecule has 1 saturated carbocycles. The van der Waals surface area contributed by atoms with Crippen molar-refractivity contribution in [1.82, 2.24) is 4.72 Å². The maximum absolute atomic E-state index is 12.3. The van der Waals surface area contributed by atoms with Crippen LogP contribution in [0.1, 0.15) is 30.1 Å². The number of hydrogen-bond acceptors (Lipinski definition) is 4. The lowest BCUT2D eigenvalue weighted by Gasteiger charge is -2.15. The van der Waals surface area contributed by atoms with Crippen LogP contribution in [0.3, 0.4) is 0 Å². The van der Waals surface area contributed by atoms with E-state index in [2.05, 4.69) is 0 Å². The first-order chi connectivity index (χ1) is 9.58. The van der Waals surface area contributed by atoms with Crippen LogP contribution in [-0.4, -0.2) is 31.7 Å². The second-order valence-corrected chi connectivity index (χ2v) is 7.82. The van der Waals surface area contributed by atoms with Gasteiger partial charge in [0, 0.05) is 4.88 Å². The van der Waals surface area contributed by atoms with Crippen molar-refractivity contribution in [3.63, 3.8) is 0 Å². The first-order valence-corrected chi connectivity index (χ1v) is 8.30. The van der Waals surface area contributed by atoms with Gasteiger partial charge >= 0.3 is 12.1 Å². The summed E-state index contributed by atoms with van der Waals surface area (Å²) in [4.78, 5) is 11.6. The third kappa shape index (κ3) is 4.42. The Bertz CT molecular complexity index is 634. The minimum absolute atomic E-state index is 0.169. The number of halogens is 3. The molecule has 0 saturated heterocycles. The molecule has 1 unspecified atom stereocenters. The minimum Gasteiger partial charge on any atom is -0.480 e. The fourth-order valence-electron chi connectivity index (χ4n) is 1.72. The van der Waals surface area contributed by atoms with E-state index in [9.17, 15) is 26.4 Å². The van der Waals surface area contributed by atoms with Gasteiger partial charge in [0.05, 0.1) is 6.42 Å². The zero-order chi connectivity index (χ0) is 15.8. The maximum Gasteiger partial charge on any atom is 0.391 e. The van der Waals surface area contributed by atoms with Gasteiger partial charge < -0.3 is 5.11 Å². The first-order valence-electron chi connectivity index (χ1n) is 6.00. The third-order valence-electron chi connectivity index (χ3n) is 2.88. The second kappa shape index (κ2) is 5.58. The Labute approximate surface area is 122 Å². The SMILES string of the molecule is O=C(O)C(CC(F)(F)F)NS(=O)(=O)c1ccc(C2CC2)s1. The van der Waals surface area contributed by atoms with Gasteiger partial charge in [-0.3, -0.25) is 4.79 Å². The van der Waals surface area contributed by atoms with E-state index in [-0.39, 0.29) is 4.21 Å². The Morgan fingerprint density at radius 2 is 2.05 bits per heavy atom. The highest BCUT2D eigenvalue weighted by atomic mass is 32.2. The Hall–Kier alpha value is -1.13. The number of carboxylic acids is 1. The Morgan fingerprint density at radius 1 is 1.43 bits per heavy atom. The quantitative estimate of drug-likeness (QED) is 0.830. The molecule has 0 aromatic carbocycles. The van der Waals surface area contributed by atoms with Crippen molar-refractivity contribution in [2.45, 2.75) is 41.6 Å². The summed E-state index contributed by atoms with van der Waals surface area (Å²) in [5.74, 6) is -1.56. The number of sulfonamides is 1. The molecule has 5 nitrogen and oxygen atoms in total. The van der Waals surface area contributed by atoms with E-state index in [1.54, 1.807) is 10.8 Å². The molecule has 1 atom stereocenters. The molecule has 118 valence electrons. The van der Waals surface area contributed by atoms with Crippen LogP contribution < -0.4 is 4.72 Å². The topological polar surface area (TPSA) is 83.5 Å². The van der Waals surface area contributed by atoms with Crippen LogP contribution in [0.4, 0.5) is 13.2 Å². The van der Waals surface area contributed by atoms with E-state index < -0.39 is 34.6 Å². The summed E-state index contributed by atoms with van der Waals surface area (Å²) < 4.78 is 62.1. The van der Waals surface area contributed by atoms with Gasteiger partial charge in [-0.15, -0.1) is 11.3 Å². The van der Waals surface area contributed by atoms with Crippen LogP contribution in [0.5, 0.6) is 0 Å². The molecule has 1 aliphatic rings. The molecule has 10 heteroatoms. The van der Waals surface area contributed by atoms with Crippen molar-refractivity contribution in [3.8, 4) is 0 Å². The van der Waals surface area contributed by atoms with Crippen LogP contribution in [0, 0.1) is 0 Å². The summed E-state index contributed by atoms with van der Waals surface area (Å²) in [6.07, 6.45) is -4.62. The predicted molar refractivity (Wildman–Crippen MR) is 68.7 cm³/mol. The normalized spacial score (nSPS) is 17.7. The zero-order valence-electron chi connectivity index (χ0n) is 10.6. The highest BCUT2D eigenvalue weighted by Gasteiger charge is 2.38. The number of alkyl halides is 3. The van der Waals surface area contributed by atoms with E-state index >= 15 is 0 Å². The summed E-state index contributed by atoms with van der Waals surface area (Å²) in [5.41, 5.74) is 0. The average Bonchev–Trinajstić information content (AvgIpc) is 3.03. The van der Waals surface area contributed by atoms with Gasteiger partial charge in [0.15, 0.2) is 0 Å². The molecule has 2 rings (SSSR count). The van der Waals surface area contributed by atoms with Gasteiger partial charge in [0.1, 0.15) is 10.3 Å². The van der Waals surface area contributed by atoms with Crippen LogP contribution in [0.15, 0.2) is 16.3 Å². The third-order valence-corrected chi connectivity index (χ3v) is 6.09. The van der Waals surface area contributed by atoms with E-state index in [1.807, 2.05) is 0 Å². The van der Waals surface area contributed by atoms with E-state index in [1.165, 1.54) is 6.07 Å². The maximum atomic E-state index is 12.3. The molecule has 1 aromatic heterocycles. The Kier molecular flexibility index (Phi) is 4.31. The summed E-state index contributed by atoms with van der Waals surface area (Å²) in [5, 5.41) is 8.73. The molecule has 0 amide bonds. The largest absolute Gasteiger partial charge is 0.480 e. The van der Waals surface area contributed by atoms with Gasteiger partial charge in [0.25, 0.3) is 10.0 Å². The van der Waals surface area contributed by atoms with Crippen molar-refractivity contribution in [2.24, 2.45) is 0 Å². The molecule has 0 radical (unpaired) electrons. The molecule has 1 aliphatic carbocycles. The molecular weight excluding hydrogens is 331 g/mol. The van der Waals surface area contributed by atoms with Crippen LogP contribution in [0.2, 0.25) is 0 Å². The van der Waals surface area contributed by atoms with Gasteiger partial charge in [-0.1, -0.05) is 0 Å². The van der Waals surface area contributed by atoms with E-state index in [0.717, 1.165) is 29.1 Å². The molecule has 2 N–H and O–H groups in total. The molecule has 1 heterocycles. The highest BCUT2D eigenvalue weighted by molar-refractivity contribution is 7.91. The number of aliphatic carboxylic acids is 1. The first kappa shape index (κ1) is 16.2. The Morgan fingerprint density at radius 3 is 2.52 bits per heavy atom. The van der Waals surface area contributed by atoms with Crippen molar-refractivity contribution in [1.29, 1.82) is 0 Å². The molecule has 21 heavy (non-hydrogen) atoms. The second-order valence-electron chi connectivity index (χ2n) is 4.76. The molecule has 0 spiro atoms. The number of nitrogens with one attached hydrogen (secondary N) is 1. The van der Waals surface area contributed by atoms with E-state index in [0.29, 0.717) is 5.92 Å².